The molecule has 0 saturated carbocycles. The molecule has 0 unspecified atom stereocenters. The minimum absolute atomic E-state index is 0.326. The Bertz CT molecular complexity index is 922. The molecule has 2 N–H and O–H groups in total. The van der Waals surface area contributed by atoms with Crippen molar-refractivity contribution in [1.29, 1.82) is 0 Å². The average Bonchev–Trinajstić information content (AvgIpc) is 3.20. The minimum atomic E-state index is -4.34. The number of nitrogens with zero attached hydrogens (tertiary/aromatic N) is 2. The number of hydrogen-bond donors (Lipinski definition) is 2. The molecule has 0 bridgehead atoms. The van der Waals surface area contributed by atoms with Crippen LogP contribution in [0.15, 0.2) is 67.0 Å². The molecule has 0 aliphatic carbocycles. The summed E-state index contributed by atoms with van der Waals surface area (Å²) >= 11 is 0. The summed E-state index contributed by atoms with van der Waals surface area (Å²) in [5, 5.41) is 9.72. The molecule has 0 fully saturated rings. The molecule has 0 spiro atoms. The van der Waals surface area contributed by atoms with E-state index in [9.17, 15) is 18.0 Å². The molecule has 8 heteroatoms. The van der Waals surface area contributed by atoms with Crippen molar-refractivity contribution in [3.05, 3.63) is 89.2 Å². The Hall–Kier alpha value is -3.29. The predicted molar refractivity (Wildman–Crippen MR) is 103 cm³/mol. The van der Waals surface area contributed by atoms with Gasteiger partial charge in [0.2, 0.25) is 0 Å². The third-order valence-electron chi connectivity index (χ3n) is 4.43. The van der Waals surface area contributed by atoms with Crippen LogP contribution in [0, 0.1) is 0 Å². The molecule has 1 heterocycles. The predicted octanol–water partition coefficient (Wildman–Crippen LogP) is 3.99. The van der Waals surface area contributed by atoms with Gasteiger partial charge in [0.25, 0.3) is 0 Å². The van der Waals surface area contributed by atoms with Crippen molar-refractivity contribution in [2.24, 2.45) is 0 Å². The molecule has 1 aromatic heterocycles. The largest absolute Gasteiger partial charge is 0.416 e. The van der Waals surface area contributed by atoms with E-state index in [0.717, 1.165) is 28.8 Å². The van der Waals surface area contributed by atoms with Crippen LogP contribution in [0.5, 0.6) is 0 Å². The number of alkyl halides is 3. The first-order chi connectivity index (χ1) is 13.9. The number of urea groups is 1. The van der Waals surface area contributed by atoms with E-state index in [1.807, 2.05) is 41.2 Å². The van der Waals surface area contributed by atoms with Gasteiger partial charge in [-0.1, -0.05) is 36.4 Å². The molecule has 152 valence electrons. The second-order valence-electron chi connectivity index (χ2n) is 6.53. The molecule has 2 amide bonds. The molecule has 0 aliphatic rings. The van der Waals surface area contributed by atoms with Crippen LogP contribution in [0.1, 0.15) is 22.3 Å². The Morgan fingerprint density at radius 3 is 2.34 bits per heavy atom. The average molecular weight is 402 g/mol. The van der Waals surface area contributed by atoms with E-state index in [2.05, 4.69) is 15.7 Å². The summed E-state index contributed by atoms with van der Waals surface area (Å²) in [6.45, 7) is 1.30. The van der Waals surface area contributed by atoms with E-state index in [4.69, 9.17) is 0 Å². The van der Waals surface area contributed by atoms with Gasteiger partial charge in [-0.05, 0) is 41.3 Å². The zero-order chi connectivity index (χ0) is 20.7. The first-order valence-electron chi connectivity index (χ1n) is 9.14. The fraction of sp³-hybridized carbons (Fsp3) is 0.238. The molecule has 3 rings (SSSR count). The fourth-order valence-electron chi connectivity index (χ4n) is 2.87. The molecule has 0 aliphatic heterocycles. The Kier molecular flexibility index (Phi) is 6.54. The standard InChI is InChI=1S/C21H21F3N4O/c22-21(23,24)19-8-6-16(7-9-19)10-12-25-20(29)26-14-17-4-1-2-5-18(17)15-28-13-3-11-27-28/h1-9,11,13H,10,12,14-15H2,(H2,25,26,29). The lowest BCUT2D eigenvalue weighted by atomic mass is 10.1. The number of aromatic nitrogens is 2. The number of rotatable bonds is 7. The number of amides is 2. The summed E-state index contributed by atoms with van der Waals surface area (Å²) in [5.41, 5.74) is 2.09. The molecule has 0 radical (unpaired) electrons. The van der Waals surface area contributed by atoms with E-state index < -0.39 is 11.7 Å². The fourth-order valence-corrected chi connectivity index (χ4v) is 2.87. The van der Waals surface area contributed by atoms with Gasteiger partial charge in [-0.2, -0.15) is 18.3 Å². The van der Waals surface area contributed by atoms with Crippen LogP contribution in [0.2, 0.25) is 0 Å². The summed E-state index contributed by atoms with van der Waals surface area (Å²) in [7, 11) is 0. The lowest BCUT2D eigenvalue weighted by Gasteiger charge is -2.12. The van der Waals surface area contributed by atoms with Gasteiger partial charge in [-0.3, -0.25) is 4.68 Å². The van der Waals surface area contributed by atoms with Gasteiger partial charge in [-0.15, -0.1) is 0 Å². The van der Waals surface area contributed by atoms with E-state index in [0.29, 0.717) is 26.1 Å². The molecule has 5 nitrogen and oxygen atoms in total. The highest BCUT2D eigenvalue weighted by Crippen LogP contribution is 2.29. The molecular weight excluding hydrogens is 381 g/mol. The van der Waals surface area contributed by atoms with Crippen LogP contribution in [-0.4, -0.2) is 22.4 Å². The van der Waals surface area contributed by atoms with Gasteiger partial charge < -0.3 is 10.6 Å². The van der Waals surface area contributed by atoms with E-state index in [1.165, 1.54) is 12.1 Å². The van der Waals surface area contributed by atoms with Crippen molar-refractivity contribution >= 4 is 6.03 Å². The third-order valence-corrected chi connectivity index (χ3v) is 4.43. The first kappa shape index (κ1) is 20.4. The second kappa shape index (κ2) is 9.27. The highest BCUT2D eigenvalue weighted by molar-refractivity contribution is 5.73. The highest BCUT2D eigenvalue weighted by atomic mass is 19.4. The Morgan fingerprint density at radius 1 is 0.966 bits per heavy atom. The first-order valence-corrected chi connectivity index (χ1v) is 9.14. The maximum atomic E-state index is 12.6. The van der Waals surface area contributed by atoms with Crippen LogP contribution < -0.4 is 10.6 Å². The van der Waals surface area contributed by atoms with Crippen LogP contribution in [0.25, 0.3) is 0 Å². The van der Waals surface area contributed by atoms with Crippen LogP contribution in [0.4, 0.5) is 18.0 Å². The van der Waals surface area contributed by atoms with Gasteiger partial charge in [0.1, 0.15) is 0 Å². The van der Waals surface area contributed by atoms with Gasteiger partial charge in [0.05, 0.1) is 12.1 Å². The summed E-state index contributed by atoms with van der Waals surface area (Å²) < 4.78 is 39.5. The molecule has 2 aromatic carbocycles. The van der Waals surface area contributed by atoms with Crippen molar-refractivity contribution in [1.82, 2.24) is 20.4 Å². The lowest BCUT2D eigenvalue weighted by molar-refractivity contribution is -0.137. The number of hydrogen-bond acceptors (Lipinski definition) is 2. The molecule has 3 aromatic rings. The van der Waals surface area contributed by atoms with Crippen LogP contribution in [0.3, 0.4) is 0 Å². The number of nitrogens with one attached hydrogen (secondary N) is 2. The number of carbonyl (C=O) groups excluding carboxylic acids is 1. The summed E-state index contributed by atoms with van der Waals surface area (Å²) in [6.07, 6.45) is -0.311. The zero-order valence-electron chi connectivity index (χ0n) is 15.6. The van der Waals surface area contributed by atoms with Gasteiger partial charge in [-0.25, -0.2) is 4.79 Å². The van der Waals surface area contributed by atoms with Crippen LogP contribution in [-0.2, 0) is 25.7 Å². The van der Waals surface area contributed by atoms with Crippen LogP contribution >= 0.6 is 0 Å². The minimum Gasteiger partial charge on any atom is -0.338 e. The van der Waals surface area contributed by atoms with Crippen molar-refractivity contribution in [3.63, 3.8) is 0 Å². The van der Waals surface area contributed by atoms with Crippen molar-refractivity contribution < 1.29 is 18.0 Å². The second-order valence-corrected chi connectivity index (χ2v) is 6.53. The van der Waals surface area contributed by atoms with Gasteiger partial charge in [0, 0.05) is 25.5 Å². The number of benzene rings is 2. The summed E-state index contributed by atoms with van der Waals surface area (Å²) in [5.74, 6) is 0. The molecule has 0 saturated heterocycles. The lowest BCUT2D eigenvalue weighted by Crippen LogP contribution is -2.36. The quantitative estimate of drug-likeness (QED) is 0.628. The van der Waals surface area contributed by atoms with E-state index in [-0.39, 0.29) is 6.03 Å². The Balaban J connectivity index is 1.45. The maximum absolute atomic E-state index is 12.6. The van der Waals surface area contributed by atoms with E-state index >= 15 is 0 Å². The number of halogens is 3. The normalized spacial score (nSPS) is 11.3. The summed E-state index contributed by atoms with van der Waals surface area (Å²) in [6, 6.07) is 14.2. The topological polar surface area (TPSA) is 59.0 Å². The summed E-state index contributed by atoms with van der Waals surface area (Å²) in [4.78, 5) is 12.0. The maximum Gasteiger partial charge on any atom is 0.416 e. The zero-order valence-corrected chi connectivity index (χ0v) is 15.6. The van der Waals surface area contributed by atoms with Crippen molar-refractivity contribution in [2.45, 2.75) is 25.7 Å². The monoisotopic (exact) mass is 402 g/mol. The van der Waals surface area contributed by atoms with Gasteiger partial charge >= 0.3 is 12.2 Å². The molecule has 29 heavy (non-hydrogen) atoms. The smallest absolute Gasteiger partial charge is 0.338 e. The van der Waals surface area contributed by atoms with Gasteiger partial charge in [0.15, 0.2) is 0 Å². The molecular formula is C21H21F3N4O. The Labute approximate surface area is 166 Å². The third kappa shape index (κ3) is 6.10. The van der Waals surface area contributed by atoms with Crippen molar-refractivity contribution in [2.75, 3.05) is 6.54 Å². The highest BCUT2D eigenvalue weighted by Gasteiger charge is 2.29. The molecule has 0 atom stereocenters. The Morgan fingerprint density at radius 2 is 1.69 bits per heavy atom. The number of carbonyl (C=O) groups is 1. The SMILES string of the molecule is O=C(NCCc1ccc(C(F)(F)F)cc1)NCc1ccccc1Cn1cccn1. The van der Waals surface area contributed by atoms with Crippen molar-refractivity contribution in [3.8, 4) is 0 Å². The van der Waals surface area contributed by atoms with E-state index in [1.54, 1.807) is 6.20 Å².